The van der Waals surface area contributed by atoms with Crippen molar-refractivity contribution in [2.24, 2.45) is 0 Å². The minimum atomic E-state index is 0.763. The zero-order valence-electron chi connectivity index (χ0n) is 8.13. The molecule has 0 aliphatic heterocycles. The lowest BCUT2D eigenvalue weighted by Crippen LogP contribution is -1.65. The Morgan fingerprint density at radius 1 is 0.875 bits per heavy atom. The highest BCUT2D eigenvalue weighted by atomic mass is 127. The molecule has 0 radical (unpaired) electrons. The van der Waals surface area contributed by atoms with E-state index < -0.39 is 0 Å². The quantitative estimate of drug-likeness (QED) is 0.447. The molecule has 0 fully saturated rings. The van der Waals surface area contributed by atoms with Crippen molar-refractivity contribution < 1.29 is 0 Å². The fourth-order valence-electron chi connectivity index (χ4n) is 0.920. The topological polar surface area (TPSA) is 0 Å². The van der Waals surface area contributed by atoms with E-state index in [4.69, 9.17) is 23.2 Å². The molecule has 4 heteroatoms. The first-order valence-electron chi connectivity index (χ1n) is 4.40. The first kappa shape index (κ1) is 14.3. The summed E-state index contributed by atoms with van der Waals surface area (Å²) >= 11 is 16.8. The Bertz CT molecular complexity index is 382. The van der Waals surface area contributed by atoms with Gasteiger partial charge in [-0.05, 0) is 59.0 Å². The maximum absolute atomic E-state index is 5.64. The number of halogens is 4. The molecular formula is C12H8BrCl2I. The molecule has 0 spiro atoms. The standard InChI is InChI=1S/C6H4BrCl.C6H4ClI/c2*7-5-2-1-3-6(8)4-5/h2*1-4H. The lowest BCUT2D eigenvalue weighted by Gasteiger charge is -1.87. The second-order valence-electron chi connectivity index (χ2n) is 2.88. The van der Waals surface area contributed by atoms with Crippen molar-refractivity contribution in [3.8, 4) is 0 Å². The Balaban J connectivity index is 0.000000160. The number of hydrogen-bond acceptors (Lipinski definition) is 0. The van der Waals surface area contributed by atoms with Crippen LogP contribution in [0.5, 0.6) is 0 Å². The molecule has 0 aliphatic rings. The van der Waals surface area contributed by atoms with Gasteiger partial charge in [0.1, 0.15) is 0 Å². The van der Waals surface area contributed by atoms with Gasteiger partial charge in [0.05, 0.1) is 0 Å². The van der Waals surface area contributed by atoms with Crippen molar-refractivity contribution in [2.45, 2.75) is 0 Å². The average Bonchev–Trinajstić information content (AvgIpc) is 2.17. The summed E-state index contributed by atoms with van der Waals surface area (Å²) < 4.78 is 2.19. The van der Waals surface area contributed by atoms with Crippen molar-refractivity contribution in [2.75, 3.05) is 0 Å². The van der Waals surface area contributed by atoms with Crippen molar-refractivity contribution in [3.63, 3.8) is 0 Å². The van der Waals surface area contributed by atoms with Crippen LogP contribution in [0.15, 0.2) is 53.0 Å². The summed E-state index contributed by atoms with van der Waals surface area (Å²) in [5.41, 5.74) is 0. The zero-order valence-corrected chi connectivity index (χ0v) is 13.4. The largest absolute Gasteiger partial charge is 0.0843 e. The van der Waals surface area contributed by atoms with Crippen LogP contribution < -0.4 is 0 Å². The minimum absolute atomic E-state index is 0.763. The van der Waals surface area contributed by atoms with Crippen molar-refractivity contribution in [3.05, 3.63) is 66.6 Å². The summed E-state index contributed by atoms with van der Waals surface area (Å²) in [7, 11) is 0. The second-order valence-corrected chi connectivity index (χ2v) is 5.91. The molecule has 0 nitrogen and oxygen atoms in total. The van der Waals surface area contributed by atoms with Crippen LogP contribution in [0.2, 0.25) is 10.0 Å². The molecule has 0 unspecified atom stereocenters. The zero-order chi connectivity index (χ0) is 12.0. The summed E-state index contributed by atoms with van der Waals surface area (Å²) in [6, 6.07) is 15.2. The molecule has 0 bridgehead atoms. The van der Waals surface area contributed by atoms with Crippen LogP contribution in [0.1, 0.15) is 0 Å². The minimum Gasteiger partial charge on any atom is -0.0843 e. The van der Waals surface area contributed by atoms with Gasteiger partial charge >= 0.3 is 0 Å². The van der Waals surface area contributed by atoms with Crippen LogP contribution in [0.25, 0.3) is 0 Å². The summed E-state index contributed by atoms with van der Waals surface area (Å²) in [5, 5.41) is 1.57. The van der Waals surface area contributed by atoms with Crippen LogP contribution >= 0.6 is 61.7 Å². The Labute approximate surface area is 127 Å². The van der Waals surface area contributed by atoms with Crippen LogP contribution in [0, 0.1) is 3.57 Å². The number of hydrogen-bond donors (Lipinski definition) is 0. The van der Waals surface area contributed by atoms with Crippen LogP contribution in [0.3, 0.4) is 0 Å². The van der Waals surface area contributed by atoms with Gasteiger partial charge in [-0.3, -0.25) is 0 Å². The van der Waals surface area contributed by atoms with Gasteiger partial charge in [-0.2, -0.15) is 0 Å². The summed E-state index contributed by atoms with van der Waals surface area (Å²) in [6.45, 7) is 0. The van der Waals surface area contributed by atoms with Gasteiger partial charge in [0, 0.05) is 18.1 Å². The molecule has 0 saturated heterocycles. The normalized spacial score (nSPS) is 9.25. The smallest absolute Gasteiger partial charge is 0.0417 e. The Morgan fingerprint density at radius 2 is 1.44 bits per heavy atom. The fraction of sp³-hybridized carbons (Fsp3) is 0. The first-order chi connectivity index (χ1) is 7.58. The lowest BCUT2D eigenvalue weighted by atomic mass is 10.4. The van der Waals surface area contributed by atoms with Crippen molar-refractivity contribution in [1.29, 1.82) is 0 Å². The van der Waals surface area contributed by atoms with Gasteiger partial charge in [-0.25, -0.2) is 0 Å². The van der Waals surface area contributed by atoms with E-state index in [0.717, 1.165) is 14.5 Å². The number of benzene rings is 2. The molecule has 0 aliphatic carbocycles. The fourth-order valence-corrected chi connectivity index (χ4v) is 2.56. The second kappa shape index (κ2) is 7.54. The van der Waals surface area contributed by atoms with E-state index in [1.54, 1.807) is 0 Å². The predicted molar refractivity (Wildman–Crippen MR) is 83.3 cm³/mol. The summed E-state index contributed by atoms with van der Waals surface area (Å²) in [5.74, 6) is 0. The van der Waals surface area contributed by atoms with E-state index >= 15 is 0 Å². The van der Waals surface area contributed by atoms with E-state index in [1.807, 2.05) is 48.5 Å². The molecule has 0 saturated carbocycles. The predicted octanol–water partition coefficient (Wildman–Crippen LogP) is 6.05. The van der Waals surface area contributed by atoms with Gasteiger partial charge in [0.15, 0.2) is 0 Å². The molecule has 0 aromatic heterocycles. The third kappa shape index (κ3) is 6.09. The number of rotatable bonds is 0. The molecule has 0 atom stereocenters. The van der Waals surface area contributed by atoms with Crippen LogP contribution in [-0.2, 0) is 0 Å². The molecule has 2 aromatic rings. The highest BCUT2D eigenvalue weighted by Crippen LogP contribution is 2.14. The molecule has 2 rings (SSSR count). The maximum atomic E-state index is 5.64. The van der Waals surface area contributed by atoms with Crippen LogP contribution in [-0.4, -0.2) is 0 Å². The van der Waals surface area contributed by atoms with E-state index in [9.17, 15) is 0 Å². The third-order valence-electron chi connectivity index (χ3n) is 1.57. The molecule has 16 heavy (non-hydrogen) atoms. The van der Waals surface area contributed by atoms with E-state index in [2.05, 4.69) is 38.5 Å². The van der Waals surface area contributed by atoms with E-state index in [0.29, 0.717) is 0 Å². The van der Waals surface area contributed by atoms with E-state index in [-0.39, 0.29) is 0 Å². The van der Waals surface area contributed by atoms with Gasteiger partial charge in [-0.1, -0.05) is 51.3 Å². The lowest BCUT2D eigenvalue weighted by molar-refractivity contribution is 1.65. The molecule has 84 valence electrons. The average molecular weight is 430 g/mol. The highest BCUT2D eigenvalue weighted by Gasteiger charge is 1.85. The molecule has 0 N–H and O–H groups in total. The first-order valence-corrected chi connectivity index (χ1v) is 7.03. The van der Waals surface area contributed by atoms with Crippen molar-refractivity contribution >= 4 is 61.7 Å². The SMILES string of the molecule is Clc1cccc(Br)c1.Clc1cccc(I)c1. The Morgan fingerprint density at radius 3 is 1.75 bits per heavy atom. The van der Waals surface area contributed by atoms with Crippen LogP contribution in [0.4, 0.5) is 0 Å². The van der Waals surface area contributed by atoms with Gasteiger partial charge in [0.25, 0.3) is 0 Å². The van der Waals surface area contributed by atoms with Gasteiger partial charge < -0.3 is 0 Å². The van der Waals surface area contributed by atoms with E-state index in [1.165, 1.54) is 3.57 Å². The monoisotopic (exact) mass is 428 g/mol. The molecule has 0 heterocycles. The summed E-state index contributed by atoms with van der Waals surface area (Å²) in [4.78, 5) is 0. The van der Waals surface area contributed by atoms with Crippen molar-refractivity contribution in [1.82, 2.24) is 0 Å². The molecule has 0 amide bonds. The summed E-state index contributed by atoms with van der Waals surface area (Å²) in [6.07, 6.45) is 0. The Kier molecular flexibility index (Phi) is 6.73. The highest BCUT2D eigenvalue weighted by molar-refractivity contribution is 14.1. The third-order valence-corrected chi connectivity index (χ3v) is 3.21. The maximum Gasteiger partial charge on any atom is 0.0417 e. The molecular weight excluding hydrogens is 422 g/mol. The van der Waals surface area contributed by atoms with Gasteiger partial charge in [-0.15, -0.1) is 0 Å². The molecule has 2 aromatic carbocycles. The van der Waals surface area contributed by atoms with Gasteiger partial charge in [0.2, 0.25) is 0 Å². The Hall–Kier alpha value is 0.230.